The second-order valence-electron chi connectivity index (χ2n) is 16.6. The van der Waals surface area contributed by atoms with Crippen molar-refractivity contribution in [3.63, 3.8) is 0 Å². The Hall–Kier alpha value is -8.08. The Morgan fingerprint density at radius 2 is 1.00 bits per heavy atom. The first-order valence-corrected chi connectivity index (χ1v) is 21.7. The summed E-state index contributed by atoms with van der Waals surface area (Å²) in [5.41, 5.74) is 18.4. The molecule has 63 heavy (non-hydrogen) atoms. The number of anilines is 6. The molecule has 0 fully saturated rings. The minimum Gasteiger partial charge on any atom is -0.458 e. The first kappa shape index (κ1) is 36.7. The normalized spacial score (nSPS) is 12.3. The van der Waals surface area contributed by atoms with Crippen molar-refractivity contribution in [2.45, 2.75) is 6.92 Å². The maximum Gasteiger partial charge on any atom is 0.256 e. The zero-order valence-electron chi connectivity index (χ0n) is 34.8. The fourth-order valence-corrected chi connectivity index (χ4v) is 9.90. The quantitative estimate of drug-likeness (QED) is 0.149. The number of hydrogen-bond donors (Lipinski definition) is 0. The second kappa shape index (κ2) is 15.1. The average Bonchev–Trinajstić information content (AvgIpc) is 3.34. The molecule has 0 spiro atoms. The van der Waals surface area contributed by atoms with Gasteiger partial charge >= 0.3 is 0 Å². The fraction of sp³-hybridized carbons (Fsp3) is 0.0169. The van der Waals surface area contributed by atoms with Gasteiger partial charge in [0.2, 0.25) is 0 Å². The lowest BCUT2D eigenvalue weighted by Crippen LogP contribution is -2.59. The van der Waals surface area contributed by atoms with Crippen molar-refractivity contribution in [2.75, 3.05) is 9.80 Å². The predicted molar refractivity (Wildman–Crippen MR) is 266 cm³/mol. The van der Waals surface area contributed by atoms with E-state index >= 15 is 0 Å². The molecule has 0 radical (unpaired) electrons. The lowest BCUT2D eigenvalue weighted by molar-refractivity contribution is 0.487. The number of hydrogen-bond acceptors (Lipinski definition) is 3. The van der Waals surface area contributed by atoms with Gasteiger partial charge in [-0.25, -0.2) is 0 Å². The molecule has 3 nitrogen and oxygen atoms in total. The molecule has 0 aliphatic carbocycles. The largest absolute Gasteiger partial charge is 0.458 e. The molecule has 12 rings (SSSR count). The van der Waals surface area contributed by atoms with Gasteiger partial charge in [-0.3, -0.25) is 0 Å². The van der Waals surface area contributed by atoms with E-state index in [9.17, 15) is 0 Å². The Labute approximate surface area is 368 Å². The van der Waals surface area contributed by atoms with Gasteiger partial charge in [0.05, 0.1) is 5.69 Å². The van der Waals surface area contributed by atoms with Gasteiger partial charge in [-0.2, -0.15) is 0 Å². The molecule has 2 heterocycles. The van der Waals surface area contributed by atoms with Crippen LogP contribution in [0.1, 0.15) is 5.56 Å². The highest BCUT2D eigenvalue weighted by Gasteiger charge is 2.43. The van der Waals surface area contributed by atoms with E-state index in [4.69, 9.17) is 4.74 Å². The highest BCUT2D eigenvalue weighted by Crippen LogP contribution is 2.48. The van der Waals surface area contributed by atoms with E-state index in [2.05, 4.69) is 247 Å². The first-order valence-electron chi connectivity index (χ1n) is 21.7. The van der Waals surface area contributed by atoms with Crippen LogP contribution in [0.3, 0.4) is 0 Å². The molecule has 4 heteroatoms. The number of nitrogens with zero attached hydrogens (tertiary/aromatic N) is 2. The molecule has 2 aliphatic rings. The van der Waals surface area contributed by atoms with E-state index in [1.54, 1.807) is 0 Å². The van der Waals surface area contributed by atoms with E-state index in [1.807, 2.05) is 0 Å². The number of ether oxygens (including phenoxy) is 1. The summed E-state index contributed by atoms with van der Waals surface area (Å²) in [7, 11) is 0. The molecule has 0 saturated heterocycles. The van der Waals surface area contributed by atoms with E-state index < -0.39 is 0 Å². The van der Waals surface area contributed by atoms with Crippen molar-refractivity contribution in [1.29, 1.82) is 0 Å². The van der Waals surface area contributed by atoms with Crippen LogP contribution in [-0.4, -0.2) is 6.71 Å². The molecule has 2 aliphatic heterocycles. The third kappa shape index (κ3) is 6.30. The van der Waals surface area contributed by atoms with Crippen LogP contribution in [-0.2, 0) is 0 Å². The number of benzene rings is 10. The third-order valence-corrected chi connectivity index (χ3v) is 12.7. The zero-order valence-corrected chi connectivity index (χ0v) is 34.8. The minimum atomic E-state index is -0.0742. The number of rotatable bonds is 7. The summed E-state index contributed by atoms with van der Waals surface area (Å²) < 4.78 is 7.18. The van der Waals surface area contributed by atoms with Gasteiger partial charge in [0, 0.05) is 40.1 Å². The lowest BCUT2D eigenvalue weighted by Gasteiger charge is -2.41. The average molecular weight is 805 g/mol. The molecule has 0 aromatic heterocycles. The summed E-state index contributed by atoms with van der Waals surface area (Å²) in [6, 6.07) is 83.4. The van der Waals surface area contributed by atoms with Crippen molar-refractivity contribution in [3.05, 3.63) is 236 Å². The smallest absolute Gasteiger partial charge is 0.256 e. The number of para-hydroxylation sites is 2. The van der Waals surface area contributed by atoms with Crippen LogP contribution in [0.15, 0.2) is 231 Å². The Kier molecular flexibility index (Phi) is 8.82. The SMILES string of the molecule is Cc1cc2c3c(c1)N(c1ccc(-c4ccccc4)cc1-c1cccc4ccccc14)c1ccc(-c4ccccc4)cc1B3c1ccc(N(c3ccccc3)c3ccccc3)cc1O2. The van der Waals surface area contributed by atoms with Crippen molar-refractivity contribution < 1.29 is 4.74 Å². The van der Waals surface area contributed by atoms with Gasteiger partial charge in [0.25, 0.3) is 6.71 Å². The molecular weight excluding hydrogens is 763 g/mol. The summed E-state index contributed by atoms with van der Waals surface area (Å²) >= 11 is 0. The predicted octanol–water partition coefficient (Wildman–Crippen LogP) is 14.0. The maximum atomic E-state index is 7.18. The summed E-state index contributed by atoms with van der Waals surface area (Å²) in [5, 5.41) is 2.44. The zero-order chi connectivity index (χ0) is 41.9. The Morgan fingerprint density at radius 1 is 0.397 bits per heavy atom. The lowest BCUT2D eigenvalue weighted by atomic mass is 9.34. The van der Waals surface area contributed by atoms with E-state index in [0.29, 0.717) is 0 Å². The number of aryl methyl sites for hydroxylation is 1. The molecule has 10 aromatic rings. The summed E-state index contributed by atoms with van der Waals surface area (Å²) in [4.78, 5) is 4.81. The first-order chi connectivity index (χ1) is 31.2. The fourth-order valence-electron chi connectivity index (χ4n) is 9.90. The molecule has 296 valence electrons. The van der Waals surface area contributed by atoms with Crippen LogP contribution in [0.4, 0.5) is 34.1 Å². The van der Waals surface area contributed by atoms with Crippen molar-refractivity contribution in [3.8, 4) is 44.9 Å². The van der Waals surface area contributed by atoms with Crippen LogP contribution in [0.2, 0.25) is 0 Å². The molecule has 0 atom stereocenters. The molecule has 10 aromatic carbocycles. The summed E-state index contributed by atoms with van der Waals surface area (Å²) in [6.07, 6.45) is 0. The van der Waals surface area contributed by atoms with Crippen LogP contribution >= 0.6 is 0 Å². The highest BCUT2D eigenvalue weighted by molar-refractivity contribution is 6.99. The highest BCUT2D eigenvalue weighted by atomic mass is 16.5. The maximum absolute atomic E-state index is 7.18. The van der Waals surface area contributed by atoms with E-state index in [-0.39, 0.29) is 6.71 Å². The Bertz CT molecular complexity index is 3290. The van der Waals surface area contributed by atoms with Gasteiger partial charge in [0.15, 0.2) is 0 Å². The summed E-state index contributed by atoms with van der Waals surface area (Å²) in [6.45, 7) is 2.11. The Balaban J connectivity index is 1.10. The van der Waals surface area contributed by atoms with Gasteiger partial charge in [0.1, 0.15) is 11.5 Å². The second-order valence-corrected chi connectivity index (χ2v) is 16.6. The van der Waals surface area contributed by atoms with Gasteiger partial charge in [-0.15, -0.1) is 0 Å². The van der Waals surface area contributed by atoms with Gasteiger partial charge in [-0.05, 0) is 128 Å². The van der Waals surface area contributed by atoms with Crippen LogP contribution in [0.5, 0.6) is 11.5 Å². The summed E-state index contributed by atoms with van der Waals surface area (Å²) in [5.74, 6) is 1.76. The molecule has 0 N–H and O–H groups in total. The monoisotopic (exact) mass is 804 g/mol. The number of fused-ring (bicyclic) bond motifs is 5. The standard InChI is InChI=1S/C59H41BN2O/c1-40-35-56-59-58(36-40)63-57-39-48(61(46-23-10-4-11-24-46)47-25-12-5-13-26-47)31-32-52(57)60(59)53-38-45(42-19-8-3-9-20-42)30-34-55(53)62(56)54-33-29-44(41-17-6-2-7-18-41)37-51(54)50-28-16-22-43-21-14-15-27-49(43)50/h2-39H,1H3. The molecule has 0 bridgehead atoms. The molecular formula is C59H41BN2O. The van der Waals surface area contributed by atoms with Crippen molar-refractivity contribution in [1.82, 2.24) is 0 Å². The van der Waals surface area contributed by atoms with Gasteiger partial charge in [-0.1, -0.05) is 164 Å². The minimum absolute atomic E-state index is 0.0742. The third-order valence-electron chi connectivity index (χ3n) is 12.7. The van der Waals surface area contributed by atoms with E-state index in [1.165, 1.54) is 55.1 Å². The Morgan fingerprint density at radius 3 is 1.70 bits per heavy atom. The molecule has 0 amide bonds. The van der Waals surface area contributed by atoms with Crippen molar-refractivity contribution >= 4 is 68.0 Å². The molecule has 0 unspecified atom stereocenters. The van der Waals surface area contributed by atoms with Crippen LogP contribution in [0, 0.1) is 6.92 Å². The van der Waals surface area contributed by atoms with Gasteiger partial charge < -0.3 is 14.5 Å². The van der Waals surface area contributed by atoms with E-state index in [0.717, 1.165) is 56.6 Å². The molecule has 0 saturated carbocycles. The van der Waals surface area contributed by atoms with Crippen LogP contribution in [0.25, 0.3) is 44.2 Å². The van der Waals surface area contributed by atoms with Crippen molar-refractivity contribution in [2.24, 2.45) is 0 Å². The van der Waals surface area contributed by atoms with Crippen LogP contribution < -0.4 is 30.9 Å². The topological polar surface area (TPSA) is 15.7 Å².